The lowest BCUT2D eigenvalue weighted by atomic mass is 9.98. The molecular formula is C31H29ClF3N5S. The second-order valence-corrected chi connectivity index (χ2v) is 11.4. The fraction of sp³-hybridized carbons (Fsp3) is 0.290. The van der Waals surface area contributed by atoms with Crippen molar-refractivity contribution in [3.63, 3.8) is 0 Å². The molecule has 0 bridgehead atoms. The Morgan fingerprint density at radius 2 is 1.76 bits per heavy atom. The van der Waals surface area contributed by atoms with Gasteiger partial charge in [0.25, 0.3) is 0 Å². The lowest BCUT2D eigenvalue weighted by molar-refractivity contribution is -0.137. The average molecular weight is 596 g/mol. The highest BCUT2D eigenvalue weighted by molar-refractivity contribution is 7.80. The third-order valence-corrected chi connectivity index (χ3v) is 8.58. The second-order valence-electron chi connectivity index (χ2n) is 10.7. The van der Waals surface area contributed by atoms with Crippen molar-refractivity contribution in [2.45, 2.75) is 38.0 Å². The van der Waals surface area contributed by atoms with Crippen LogP contribution in [0.15, 0.2) is 85.2 Å². The second kappa shape index (κ2) is 11.0. The summed E-state index contributed by atoms with van der Waals surface area (Å²) in [4.78, 5) is 8.90. The molecule has 4 heterocycles. The Balaban J connectivity index is 1.43. The monoisotopic (exact) mass is 595 g/mol. The molecular weight excluding hydrogens is 567 g/mol. The van der Waals surface area contributed by atoms with E-state index in [0.717, 1.165) is 60.8 Å². The molecule has 2 atom stereocenters. The Morgan fingerprint density at radius 3 is 2.46 bits per heavy atom. The maximum absolute atomic E-state index is 13.6. The van der Waals surface area contributed by atoms with E-state index in [9.17, 15) is 13.2 Å². The zero-order valence-electron chi connectivity index (χ0n) is 22.4. The van der Waals surface area contributed by atoms with Crippen molar-refractivity contribution in [3.05, 3.63) is 107 Å². The highest BCUT2D eigenvalue weighted by Gasteiger charge is 2.42. The molecule has 0 unspecified atom stereocenters. The minimum atomic E-state index is -4.45. The van der Waals surface area contributed by atoms with Crippen LogP contribution < -0.4 is 15.1 Å². The number of thiocarbonyl (C=S) groups is 1. The van der Waals surface area contributed by atoms with Crippen molar-refractivity contribution in [1.29, 1.82) is 0 Å². The first kappa shape index (κ1) is 27.6. The van der Waals surface area contributed by atoms with Crippen molar-refractivity contribution in [1.82, 2.24) is 14.9 Å². The maximum Gasteiger partial charge on any atom is 0.416 e. The van der Waals surface area contributed by atoms with Crippen LogP contribution >= 0.6 is 23.8 Å². The van der Waals surface area contributed by atoms with E-state index in [0.29, 0.717) is 21.7 Å². The molecule has 2 aliphatic heterocycles. The molecule has 0 aliphatic carbocycles. The molecule has 41 heavy (non-hydrogen) atoms. The van der Waals surface area contributed by atoms with Gasteiger partial charge in [0.15, 0.2) is 5.11 Å². The first-order valence-electron chi connectivity index (χ1n) is 13.6. The summed E-state index contributed by atoms with van der Waals surface area (Å²) in [5.74, 6) is 0.703. The van der Waals surface area contributed by atoms with Gasteiger partial charge < -0.3 is 19.7 Å². The number of anilines is 2. The van der Waals surface area contributed by atoms with Gasteiger partial charge >= 0.3 is 6.18 Å². The van der Waals surface area contributed by atoms with Crippen molar-refractivity contribution < 1.29 is 13.2 Å². The topological polar surface area (TPSA) is 36.3 Å². The fourth-order valence-electron chi connectivity index (χ4n) is 5.79. The summed E-state index contributed by atoms with van der Waals surface area (Å²) in [6, 6.07) is 19.9. The third-order valence-electron chi connectivity index (χ3n) is 7.97. The zero-order valence-corrected chi connectivity index (χ0v) is 23.9. The van der Waals surface area contributed by atoms with E-state index in [2.05, 4.69) is 22.1 Å². The molecule has 0 amide bonds. The summed E-state index contributed by atoms with van der Waals surface area (Å²) in [6.07, 6.45) is 1.29. The van der Waals surface area contributed by atoms with Gasteiger partial charge in [-0.1, -0.05) is 30.7 Å². The summed E-state index contributed by atoms with van der Waals surface area (Å²) in [5, 5.41) is 4.54. The molecule has 0 spiro atoms. The molecule has 2 aliphatic rings. The summed E-state index contributed by atoms with van der Waals surface area (Å²) in [6.45, 7) is 4.19. The number of rotatable bonds is 5. The first-order valence-corrected chi connectivity index (χ1v) is 14.4. The Morgan fingerprint density at radius 1 is 0.951 bits per heavy atom. The summed E-state index contributed by atoms with van der Waals surface area (Å²) < 4.78 is 42.5. The van der Waals surface area contributed by atoms with Crippen molar-refractivity contribution in [2.24, 2.45) is 5.92 Å². The highest BCUT2D eigenvalue weighted by Crippen LogP contribution is 2.44. The van der Waals surface area contributed by atoms with Gasteiger partial charge in [-0.15, -0.1) is 0 Å². The van der Waals surface area contributed by atoms with Gasteiger partial charge in [-0.25, -0.2) is 0 Å². The standard InChI is InChI=1S/C31H29ClF3N5S/c1-20-12-16-38(17-13-20)26-11-10-23(19-24(26)32)40-29(28(37-30(40)41)25-8-2-3-14-36-25)27-9-5-15-39(27)22-7-4-6-21(18-22)31(33,34)35/h2-11,14-15,18-20,28-29H,12-13,16-17H2,1H3,(H,37,41)/t28-,29-/m1/s1. The van der Waals surface area contributed by atoms with Crippen LogP contribution in [-0.4, -0.2) is 27.8 Å². The number of pyridine rings is 1. The molecule has 4 aromatic rings. The number of nitrogens with zero attached hydrogens (tertiary/aromatic N) is 4. The molecule has 0 saturated carbocycles. The van der Waals surface area contributed by atoms with E-state index >= 15 is 0 Å². The quantitative estimate of drug-likeness (QED) is 0.237. The van der Waals surface area contributed by atoms with Crippen LogP contribution in [0.1, 0.15) is 48.8 Å². The van der Waals surface area contributed by atoms with Gasteiger partial charge in [-0.3, -0.25) is 4.98 Å². The van der Waals surface area contributed by atoms with Crippen LogP contribution in [0.2, 0.25) is 5.02 Å². The van der Waals surface area contributed by atoms with E-state index < -0.39 is 17.8 Å². The maximum atomic E-state index is 13.6. The van der Waals surface area contributed by atoms with Crippen LogP contribution in [-0.2, 0) is 6.18 Å². The molecule has 2 saturated heterocycles. The highest BCUT2D eigenvalue weighted by atomic mass is 35.5. The van der Waals surface area contributed by atoms with Crippen molar-refractivity contribution in [2.75, 3.05) is 22.9 Å². The van der Waals surface area contributed by atoms with Gasteiger partial charge in [0.2, 0.25) is 0 Å². The molecule has 2 aromatic carbocycles. The molecule has 1 N–H and O–H groups in total. The minimum Gasteiger partial charge on any atom is -0.370 e. The van der Waals surface area contributed by atoms with E-state index in [4.69, 9.17) is 23.8 Å². The zero-order chi connectivity index (χ0) is 28.7. The van der Waals surface area contributed by atoms with Crippen LogP contribution in [0.5, 0.6) is 0 Å². The van der Waals surface area contributed by atoms with Crippen molar-refractivity contribution in [3.8, 4) is 5.69 Å². The molecule has 2 aromatic heterocycles. The number of benzene rings is 2. The number of aromatic nitrogens is 2. The van der Waals surface area contributed by atoms with Crippen LogP contribution in [0.25, 0.3) is 5.69 Å². The minimum absolute atomic E-state index is 0.356. The molecule has 10 heteroatoms. The predicted molar refractivity (Wildman–Crippen MR) is 161 cm³/mol. The number of hydrogen-bond acceptors (Lipinski definition) is 3. The fourth-order valence-corrected chi connectivity index (χ4v) is 6.43. The summed E-state index contributed by atoms with van der Waals surface area (Å²) in [5.41, 5.74) is 3.02. The first-order chi connectivity index (χ1) is 19.7. The predicted octanol–water partition coefficient (Wildman–Crippen LogP) is 7.96. The van der Waals surface area contributed by atoms with Gasteiger partial charge in [0.05, 0.1) is 28.0 Å². The lowest BCUT2D eigenvalue weighted by Crippen LogP contribution is -2.33. The number of alkyl halides is 3. The van der Waals surface area contributed by atoms with E-state index in [1.165, 1.54) is 6.07 Å². The molecule has 5 nitrogen and oxygen atoms in total. The van der Waals surface area contributed by atoms with E-state index in [-0.39, 0.29) is 6.04 Å². The molecule has 212 valence electrons. The smallest absolute Gasteiger partial charge is 0.370 e. The normalized spacial score (nSPS) is 20.0. The Hall–Kier alpha value is -3.56. The average Bonchev–Trinajstić information content (AvgIpc) is 3.58. The number of halogens is 4. The summed E-state index contributed by atoms with van der Waals surface area (Å²) in [7, 11) is 0. The number of piperidine rings is 1. The SMILES string of the molecule is CC1CCN(c2ccc(N3C(=S)N[C@H](c4ccccn4)[C@H]3c3cccn3-c3cccc(C(F)(F)F)c3)cc2Cl)CC1. The van der Waals surface area contributed by atoms with Gasteiger partial charge in [-0.2, -0.15) is 13.2 Å². The molecule has 6 rings (SSSR count). The third kappa shape index (κ3) is 5.40. The van der Waals surface area contributed by atoms with E-state index in [1.807, 2.05) is 53.4 Å². The Bertz CT molecular complexity index is 1550. The molecule has 0 radical (unpaired) electrons. The Kier molecular flexibility index (Phi) is 7.42. The Labute approximate surface area is 247 Å². The lowest BCUT2D eigenvalue weighted by Gasteiger charge is -2.33. The van der Waals surface area contributed by atoms with E-state index in [1.54, 1.807) is 23.0 Å². The van der Waals surface area contributed by atoms with Gasteiger partial charge in [-0.05, 0) is 91.6 Å². The molecule has 2 fully saturated rings. The van der Waals surface area contributed by atoms with Crippen LogP contribution in [0, 0.1) is 5.92 Å². The van der Waals surface area contributed by atoms with Gasteiger partial charge in [0, 0.05) is 42.6 Å². The number of hydrogen-bond donors (Lipinski definition) is 1. The number of nitrogens with one attached hydrogen (secondary N) is 1. The largest absolute Gasteiger partial charge is 0.416 e. The van der Waals surface area contributed by atoms with Crippen LogP contribution in [0.3, 0.4) is 0 Å². The van der Waals surface area contributed by atoms with Crippen LogP contribution in [0.4, 0.5) is 24.5 Å². The van der Waals surface area contributed by atoms with Gasteiger partial charge in [0.1, 0.15) is 6.04 Å². The van der Waals surface area contributed by atoms with Crippen molar-refractivity contribution >= 4 is 40.3 Å². The summed E-state index contributed by atoms with van der Waals surface area (Å²) >= 11 is 12.8.